The van der Waals surface area contributed by atoms with Crippen LogP contribution in [0.25, 0.3) is 22.5 Å². The van der Waals surface area contributed by atoms with Crippen LogP contribution >= 0.6 is 0 Å². The van der Waals surface area contributed by atoms with Crippen molar-refractivity contribution in [2.75, 3.05) is 52.8 Å². The van der Waals surface area contributed by atoms with Crippen LogP contribution in [-0.4, -0.2) is 128 Å². The van der Waals surface area contributed by atoms with Gasteiger partial charge in [-0.15, -0.1) is 0 Å². The van der Waals surface area contributed by atoms with Gasteiger partial charge in [-0.05, 0) is 93.3 Å². The van der Waals surface area contributed by atoms with E-state index < -0.39 is 25.8 Å². The number of sulfone groups is 2. The van der Waals surface area contributed by atoms with Gasteiger partial charge < -0.3 is 15.0 Å². The van der Waals surface area contributed by atoms with E-state index in [-0.39, 0.29) is 21.9 Å². The zero-order valence-corrected chi connectivity index (χ0v) is 42.3. The molecule has 2 saturated heterocycles. The first-order chi connectivity index (χ1) is 34.1. The van der Waals surface area contributed by atoms with Gasteiger partial charge in [0.15, 0.2) is 19.7 Å². The first kappa shape index (κ1) is 52.1. The van der Waals surface area contributed by atoms with E-state index in [0.29, 0.717) is 22.7 Å². The third-order valence-corrected chi connectivity index (χ3v) is 14.9. The van der Waals surface area contributed by atoms with E-state index in [4.69, 9.17) is 4.74 Å². The number of nitrogens with one attached hydrogen (secondary N) is 1. The number of imidazole rings is 2. The second-order valence-corrected chi connectivity index (χ2v) is 21.8. The van der Waals surface area contributed by atoms with Gasteiger partial charge in [-0.3, -0.25) is 14.4 Å². The molecule has 0 spiro atoms. The highest BCUT2D eigenvalue weighted by molar-refractivity contribution is 7.91. The number of para-hydroxylation sites is 1. The molecule has 0 bridgehead atoms. The molecule has 2 aliphatic rings. The molecule has 2 fully saturated rings. The van der Waals surface area contributed by atoms with Crippen LogP contribution in [0.5, 0.6) is 5.75 Å². The first-order valence-electron chi connectivity index (χ1n) is 23.6. The van der Waals surface area contributed by atoms with Crippen molar-refractivity contribution < 1.29 is 31.2 Å². The number of rotatable bonds is 11. The van der Waals surface area contributed by atoms with E-state index in [1.165, 1.54) is 83.4 Å². The zero-order chi connectivity index (χ0) is 50.4. The van der Waals surface area contributed by atoms with E-state index in [2.05, 4.69) is 86.7 Å². The summed E-state index contributed by atoms with van der Waals surface area (Å²) < 4.78 is 54.2. The average Bonchev–Trinajstić information content (AvgIpc) is 4.10. The van der Waals surface area contributed by atoms with Crippen molar-refractivity contribution in [3.05, 3.63) is 176 Å². The highest BCUT2D eigenvalue weighted by Crippen LogP contribution is 2.23. The summed E-state index contributed by atoms with van der Waals surface area (Å²) in [6.07, 6.45) is 12.3. The Labute approximate surface area is 417 Å². The summed E-state index contributed by atoms with van der Waals surface area (Å²) >= 11 is 0. The van der Waals surface area contributed by atoms with Gasteiger partial charge in [0.2, 0.25) is 0 Å². The molecule has 0 saturated carbocycles. The third kappa shape index (κ3) is 15.1. The number of piperidine rings is 2. The molecule has 5 aromatic carbocycles. The largest absolute Gasteiger partial charge is 0.424 e. The Hall–Kier alpha value is -6.76. The molecule has 2 aromatic heterocycles. The number of nitrogens with zero attached hydrogens (tertiary/aromatic N) is 7. The Bertz CT molecular complexity index is 3010. The van der Waals surface area contributed by atoms with Crippen LogP contribution in [0, 0.1) is 0 Å². The fourth-order valence-corrected chi connectivity index (χ4v) is 9.66. The minimum atomic E-state index is -3.25. The topological polar surface area (TPSA) is 169 Å². The standard InChI is InChI=1S/C24H28N4O3S.C17H14N2O4S.C13H20N2/c1-26(21-12-14-27(15-13-21)16-19-6-4-3-5-7-19)24(29)28-17-23(25-18-28)20-8-10-22(11-9-20)32(2,30)31;1-24(21,22)15-9-7-13(8-10-15)16-11-19(12-18-16)17(20)23-14-5-3-2-4-6-14;1-14-13-7-9-15(10-8-13)11-12-5-3-2-4-6-12/h3-11,17-18,21H,12-16H2,1-2H3;2-12H,1H3;2-6,13-14H,7-11H2,1H3. The summed E-state index contributed by atoms with van der Waals surface area (Å²) in [5.74, 6) is 0.440. The second-order valence-electron chi connectivity index (χ2n) is 17.8. The summed E-state index contributed by atoms with van der Waals surface area (Å²) in [6.45, 7) is 6.41. The Balaban J connectivity index is 0.000000167. The lowest BCUT2D eigenvalue weighted by Gasteiger charge is -2.36. The summed E-state index contributed by atoms with van der Waals surface area (Å²) in [5.41, 5.74) is 5.38. The van der Waals surface area contributed by atoms with Crippen molar-refractivity contribution in [2.24, 2.45) is 0 Å². The number of carbonyl (C=O) groups is 2. The van der Waals surface area contributed by atoms with Crippen LogP contribution in [0.4, 0.5) is 9.59 Å². The van der Waals surface area contributed by atoms with E-state index in [9.17, 15) is 26.4 Å². The quantitative estimate of drug-likeness (QED) is 0.132. The number of hydrogen-bond donors (Lipinski definition) is 1. The van der Waals surface area contributed by atoms with Crippen molar-refractivity contribution in [1.82, 2.24) is 39.1 Å². The lowest BCUT2D eigenvalue weighted by atomic mass is 10.0. The molecule has 1 N–H and O–H groups in total. The lowest BCUT2D eigenvalue weighted by Crippen LogP contribution is -2.46. The fourth-order valence-electron chi connectivity index (χ4n) is 8.40. The van der Waals surface area contributed by atoms with Crippen LogP contribution in [0.3, 0.4) is 0 Å². The van der Waals surface area contributed by atoms with Gasteiger partial charge in [0, 0.05) is 81.3 Å². The predicted octanol–water partition coefficient (Wildman–Crippen LogP) is 8.39. The van der Waals surface area contributed by atoms with Crippen LogP contribution in [0.1, 0.15) is 36.8 Å². The van der Waals surface area contributed by atoms with Crippen LogP contribution in [-0.2, 0) is 32.8 Å². The summed E-state index contributed by atoms with van der Waals surface area (Å²) in [7, 11) is -2.58. The summed E-state index contributed by atoms with van der Waals surface area (Å²) in [4.78, 5) is 40.8. The zero-order valence-electron chi connectivity index (χ0n) is 40.6. The number of benzene rings is 5. The van der Waals surface area contributed by atoms with Crippen molar-refractivity contribution in [2.45, 2.75) is 60.6 Å². The Kier molecular flexibility index (Phi) is 17.9. The van der Waals surface area contributed by atoms with Gasteiger partial charge >= 0.3 is 12.1 Å². The molecule has 0 aliphatic carbocycles. The first-order valence-corrected chi connectivity index (χ1v) is 27.3. The molecule has 4 heterocycles. The minimum Gasteiger partial charge on any atom is -0.410 e. The maximum absolute atomic E-state index is 13.0. The maximum atomic E-state index is 13.0. The van der Waals surface area contributed by atoms with Crippen LogP contribution in [0.2, 0.25) is 0 Å². The SMILES string of the molecule is CN(C(=O)n1cnc(-c2ccc(S(C)(=O)=O)cc2)c1)C1CCN(Cc2ccccc2)CC1.CNC1CCN(Cc2ccccc2)CC1.CS(=O)(=O)c1ccc(-c2cn(C(=O)Oc3ccccc3)cn2)cc1. The molecule has 71 heavy (non-hydrogen) atoms. The summed E-state index contributed by atoms with van der Waals surface area (Å²) in [6, 6.07) is 43.6. The van der Waals surface area contributed by atoms with Gasteiger partial charge in [0.1, 0.15) is 18.4 Å². The van der Waals surface area contributed by atoms with Gasteiger partial charge in [-0.2, -0.15) is 0 Å². The molecule has 7 aromatic rings. The molecule has 0 atom stereocenters. The normalized spacial score (nSPS) is 14.9. The highest BCUT2D eigenvalue weighted by atomic mass is 32.2. The Morgan fingerprint density at radius 1 is 0.592 bits per heavy atom. The molecule has 1 amide bonds. The third-order valence-electron chi connectivity index (χ3n) is 12.6. The molecule has 17 heteroatoms. The number of amides is 1. The lowest BCUT2D eigenvalue weighted by molar-refractivity contribution is 0.132. The Morgan fingerprint density at radius 3 is 1.44 bits per heavy atom. The summed E-state index contributed by atoms with van der Waals surface area (Å²) in [5, 5.41) is 3.36. The van der Waals surface area contributed by atoms with E-state index in [1.807, 2.05) is 19.2 Å². The average molecular weight is 999 g/mol. The van der Waals surface area contributed by atoms with Gasteiger partial charge in [0.05, 0.1) is 21.2 Å². The maximum Gasteiger partial charge on any atom is 0.424 e. The fraction of sp³-hybridized carbons (Fsp3) is 0.296. The highest BCUT2D eigenvalue weighted by Gasteiger charge is 2.27. The van der Waals surface area contributed by atoms with Crippen molar-refractivity contribution in [3.63, 3.8) is 0 Å². The van der Waals surface area contributed by atoms with E-state index in [0.717, 1.165) is 56.9 Å². The van der Waals surface area contributed by atoms with Crippen LogP contribution in [0.15, 0.2) is 174 Å². The van der Waals surface area contributed by atoms with Crippen LogP contribution < -0.4 is 10.1 Å². The Morgan fingerprint density at radius 2 is 1.00 bits per heavy atom. The number of aromatic nitrogens is 4. The number of carbonyl (C=O) groups excluding carboxylic acids is 2. The monoisotopic (exact) mass is 998 g/mol. The van der Waals surface area contributed by atoms with E-state index in [1.54, 1.807) is 71.8 Å². The minimum absolute atomic E-state index is 0.113. The van der Waals surface area contributed by atoms with Gasteiger partial charge in [0.25, 0.3) is 0 Å². The molecule has 0 radical (unpaired) electrons. The molecule has 0 unspecified atom stereocenters. The van der Waals surface area contributed by atoms with Gasteiger partial charge in [-0.1, -0.05) is 103 Å². The van der Waals surface area contributed by atoms with Crippen molar-refractivity contribution in [3.8, 4) is 28.3 Å². The molecular formula is C54H62N8O7S2. The second kappa shape index (κ2) is 24.4. The molecule has 2 aliphatic heterocycles. The molecule has 15 nitrogen and oxygen atoms in total. The van der Waals surface area contributed by atoms with E-state index >= 15 is 0 Å². The van der Waals surface area contributed by atoms with Gasteiger partial charge in [-0.25, -0.2) is 41.0 Å². The predicted molar refractivity (Wildman–Crippen MR) is 277 cm³/mol. The molecule has 9 rings (SSSR count). The number of hydrogen-bond acceptors (Lipinski definition) is 12. The smallest absolute Gasteiger partial charge is 0.410 e. The molecule has 372 valence electrons. The number of likely N-dealkylation sites (tertiary alicyclic amines) is 2. The number of ether oxygens (including phenoxy) is 1. The van der Waals surface area contributed by atoms with Crippen molar-refractivity contribution in [1.29, 1.82) is 0 Å². The molecular weight excluding hydrogens is 937 g/mol. The van der Waals surface area contributed by atoms with Crippen molar-refractivity contribution >= 4 is 31.8 Å².